The Morgan fingerprint density at radius 3 is 2.46 bits per heavy atom. The smallest absolute Gasteiger partial charge is 0.0393 e. The van der Waals surface area contributed by atoms with E-state index in [2.05, 4.69) is 25.8 Å². The monoisotopic (exact) mass is 178 g/mol. The van der Waals surface area contributed by atoms with Crippen LogP contribution < -0.4 is 5.73 Å². The zero-order valence-corrected chi connectivity index (χ0v) is 8.89. The molecule has 0 atom stereocenters. The summed E-state index contributed by atoms with van der Waals surface area (Å²) >= 11 is 0. The molecular weight excluding hydrogens is 160 g/mol. The molecule has 2 N–H and O–H groups in total. The summed E-state index contributed by atoms with van der Waals surface area (Å²) in [6.07, 6.45) is 2.86. The first-order chi connectivity index (χ1) is 5.88. The van der Waals surface area contributed by atoms with Gasteiger partial charge in [0, 0.05) is 17.6 Å². The summed E-state index contributed by atoms with van der Waals surface area (Å²) < 4.78 is 0. The first-order valence-corrected chi connectivity index (χ1v) is 4.59. The Hall–Kier alpha value is -1.05. The second-order valence-electron chi connectivity index (χ2n) is 4.76. The Balaban J connectivity index is 2.90. The second kappa shape index (κ2) is 3.36. The van der Waals surface area contributed by atoms with Crippen LogP contribution in [-0.4, -0.2) is 4.98 Å². The number of aromatic nitrogens is 1. The molecule has 0 aliphatic heterocycles. The van der Waals surface area contributed by atoms with Gasteiger partial charge in [-0.05, 0) is 30.4 Å². The molecule has 0 saturated carbocycles. The lowest BCUT2D eigenvalue weighted by atomic mass is 9.88. The average molecular weight is 178 g/mol. The van der Waals surface area contributed by atoms with E-state index in [1.807, 2.05) is 19.2 Å². The molecule has 0 radical (unpaired) electrons. The van der Waals surface area contributed by atoms with E-state index in [0.717, 1.165) is 23.4 Å². The molecule has 0 spiro atoms. The van der Waals surface area contributed by atoms with Crippen LogP contribution in [0.4, 0.5) is 5.69 Å². The lowest BCUT2D eigenvalue weighted by molar-refractivity contribution is 0.411. The highest BCUT2D eigenvalue weighted by Crippen LogP contribution is 2.23. The van der Waals surface area contributed by atoms with Gasteiger partial charge >= 0.3 is 0 Å². The van der Waals surface area contributed by atoms with Crippen LogP contribution in [0.25, 0.3) is 0 Å². The van der Waals surface area contributed by atoms with Crippen molar-refractivity contribution >= 4 is 5.69 Å². The number of anilines is 1. The van der Waals surface area contributed by atoms with E-state index in [0.29, 0.717) is 0 Å². The number of rotatable bonds is 1. The van der Waals surface area contributed by atoms with E-state index >= 15 is 0 Å². The van der Waals surface area contributed by atoms with Crippen molar-refractivity contribution in [1.82, 2.24) is 4.98 Å². The topological polar surface area (TPSA) is 38.9 Å². The average Bonchev–Trinajstić information content (AvgIpc) is 1.93. The van der Waals surface area contributed by atoms with Crippen molar-refractivity contribution in [2.45, 2.75) is 34.1 Å². The zero-order chi connectivity index (χ0) is 10.1. The van der Waals surface area contributed by atoms with E-state index < -0.39 is 0 Å². The van der Waals surface area contributed by atoms with Gasteiger partial charge in [0.1, 0.15) is 0 Å². The van der Waals surface area contributed by atoms with Crippen molar-refractivity contribution in [3.8, 4) is 0 Å². The minimum Gasteiger partial charge on any atom is -0.398 e. The molecule has 0 saturated heterocycles. The molecule has 13 heavy (non-hydrogen) atoms. The van der Waals surface area contributed by atoms with Crippen LogP contribution in [0.15, 0.2) is 12.3 Å². The van der Waals surface area contributed by atoms with Crippen molar-refractivity contribution in [2.24, 2.45) is 5.41 Å². The summed E-state index contributed by atoms with van der Waals surface area (Å²) in [5.41, 5.74) is 9.15. The number of aryl methyl sites for hydroxylation is 1. The van der Waals surface area contributed by atoms with Crippen LogP contribution in [-0.2, 0) is 6.42 Å². The van der Waals surface area contributed by atoms with Crippen molar-refractivity contribution in [2.75, 3.05) is 5.73 Å². The highest BCUT2D eigenvalue weighted by molar-refractivity contribution is 5.46. The number of hydrogen-bond acceptors (Lipinski definition) is 2. The second-order valence-corrected chi connectivity index (χ2v) is 4.76. The molecule has 0 bridgehead atoms. The van der Waals surface area contributed by atoms with Gasteiger partial charge in [0.05, 0.1) is 0 Å². The molecule has 1 aromatic rings. The van der Waals surface area contributed by atoms with Gasteiger partial charge in [-0.3, -0.25) is 4.98 Å². The zero-order valence-electron chi connectivity index (χ0n) is 8.89. The molecule has 1 rings (SSSR count). The molecule has 0 aliphatic rings. The maximum Gasteiger partial charge on any atom is 0.0393 e. The normalized spacial score (nSPS) is 11.7. The SMILES string of the molecule is Cc1cc(N)c(CC(C)(C)C)cn1. The van der Waals surface area contributed by atoms with Crippen molar-refractivity contribution in [3.05, 3.63) is 23.5 Å². The highest BCUT2D eigenvalue weighted by atomic mass is 14.7. The van der Waals surface area contributed by atoms with Crippen LogP contribution in [0, 0.1) is 12.3 Å². The third-order valence-electron chi connectivity index (χ3n) is 1.88. The van der Waals surface area contributed by atoms with Gasteiger partial charge < -0.3 is 5.73 Å². The number of pyridine rings is 1. The molecule has 72 valence electrons. The van der Waals surface area contributed by atoms with Crippen LogP contribution in [0.1, 0.15) is 32.0 Å². The number of nitrogens with zero attached hydrogens (tertiary/aromatic N) is 1. The first-order valence-electron chi connectivity index (χ1n) is 4.59. The Morgan fingerprint density at radius 1 is 1.38 bits per heavy atom. The van der Waals surface area contributed by atoms with Crippen LogP contribution in [0.2, 0.25) is 0 Å². The van der Waals surface area contributed by atoms with Gasteiger partial charge in [-0.15, -0.1) is 0 Å². The number of nitrogen functional groups attached to an aromatic ring is 1. The summed E-state index contributed by atoms with van der Waals surface area (Å²) in [4.78, 5) is 4.24. The summed E-state index contributed by atoms with van der Waals surface area (Å²) in [5, 5.41) is 0. The number of hydrogen-bond donors (Lipinski definition) is 1. The van der Waals surface area contributed by atoms with Gasteiger partial charge in [0.2, 0.25) is 0 Å². The van der Waals surface area contributed by atoms with E-state index in [1.54, 1.807) is 0 Å². The molecule has 0 unspecified atom stereocenters. The largest absolute Gasteiger partial charge is 0.398 e. The summed E-state index contributed by atoms with van der Waals surface area (Å²) in [5.74, 6) is 0. The molecule has 2 nitrogen and oxygen atoms in total. The fourth-order valence-corrected chi connectivity index (χ4v) is 1.33. The molecule has 0 fully saturated rings. The molecule has 0 aromatic carbocycles. The fourth-order valence-electron chi connectivity index (χ4n) is 1.33. The molecule has 2 heteroatoms. The van der Waals surface area contributed by atoms with E-state index in [-0.39, 0.29) is 5.41 Å². The van der Waals surface area contributed by atoms with Crippen LogP contribution in [0.5, 0.6) is 0 Å². The standard InChI is InChI=1S/C11H18N2/c1-8-5-10(12)9(7-13-8)6-11(2,3)4/h5,7H,6H2,1-4H3,(H2,12,13). The minimum absolute atomic E-state index is 0.269. The maximum absolute atomic E-state index is 5.89. The molecule has 0 aliphatic carbocycles. The van der Waals surface area contributed by atoms with Gasteiger partial charge in [0.25, 0.3) is 0 Å². The molecule has 1 heterocycles. The summed E-state index contributed by atoms with van der Waals surface area (Å²) in [6, 6.07) is 1.93. The quantitative estimate of drug-likeness (QED) is 0.717. The van der Waals surface area contributed by atoms with E-state index in [1.165, 1.54) is 0 Å². The van der Waals surface area contributed by atoms with Crippen molar-refractivity contribution < 1.29 is 0 Å². The molecular formula is C11H18N2. The Bertz CT molecular complexity index is 297. The number of nitrogens with two attached hydrogens (primary N) is 1. The van der Waals surface area contributed by atoms with Gasteiger partial charge in [-0.25, -0.2) is 0 Å². The summed E-state index contributed by atoms with van der Waals surface area (Å²) in [7, 11) is 0. The summed E-state index contributed by atoms with van der Waals surface area (Å²) in [6.45, 7) is 8.56. The van der Waals surface area contributed by atoms with E-state index in [4.69, 9.17) is 5.73 Å². The lowest BCUT2D eigenvalue weighted by Crippen LogP contribution is -2.11. The van der Waals surface area contributed by atoms with Gasteiger partial charge in [-0.2, -0.15) is 0 Å². The van der Waals surface area contributed by atoms with Crippen LogP contribution in [0.3, 0.4) is 0 Å². The predicted octanol–water partition coefficient (Wildman–Crippen LogP) is 2.56. The Morgan fingerprint density at radius 2 is 2.00 bits per heavy atom. The predicted molar refractivity (Wildman–Crippen MR) is 56.5 cm³/mol. The molecule has 1 aromatic heterocycles. The molecule has 0 amide bonds. The highest BCUT2D eigenvalue weighted by Gasteiger charge is 2.13. The first kappa shape index (κ1) is 10.0. The fraction of sp³-hybridized carbons (Fsp3) is 0.545. The third-order valence-corrected chi connectivity index (χ3v) is 1.88. The van der Waals surface area contributed by atoms with Gasteiger partial charge in [-0.1, -0.05) is 20.8 Å². The van der Waals surface area contributed by atoms with Gasteiger partial charge in [0.15, 0.2) is 0 Å². The van der Waals surface area contributed by atoms with E-state index in [9.17, 15) is 0 Å². The van der Waals surface area contributed by atoms with Crippen LogP contribution >= 0.6 is 0 Å². The minimum atomic E-state index is 0.269. The lowest BCUT2D eigenvalue weighted by Gasteiger charge is -2.19. The Labute approximate surface area is 80.2 Å². The Kier molecular flexibility index (Phi) is 2.60. The third kappa shape index (κ3) is 3.05. The van der Waals surface area contributed by atoms with Crippen molar-refractivity contribution in [1.29, 1.82) is 0 Å². The van der Waals surface area contributed by atoms with Crippen molar-refractivity contribution in [3.63, 3.8) is 0 Å². The maximum atomic E-state index is 5.89.